The fraction of sp³-hybridized carbons (Fsp3) is 0.167. The van der Waals surface area contributed by atoms with Crippen molar-refractivity contribution in [2.24, 2.45) is 0 Å². The number of nitrogens with zero attached hydrogens (tertiary/aromatic N) is 3. The summed E-state index contributed by atoms with van der Waals surface area (Å²) in [7, 11) is -2.30. The minimum absolute atomic E-state index is 0.0190. The van der Waals surface area contributed by atoms with Gasteiger partial charge in [-0.15, -0.1) is 0 Å². The highest BCUT2D eigenvalue weighted by Crippen LogP contribution is 2.27. The second kappa shape index (κ2) is 6.46. The Morgan fingerprint density at radius 3 is 2.38 bits per heavy atom. The van der Waals surface area contributed by atoms with Crippen molar-refractivity contribution < 1.29 is 8.42 Å². The van der Waals surface area contributed by atoms with Crippen LogP contribution in [0, 0.1) is 0 Å². The lowest BCUT2D eigenvalue weighted by Gasteiger charge is -2.17. The highest BCUT2D eigenvalue weighted by Gasteiger charge is 2.22. The maximum Gasteiger partial charge on any atom is 0.246 e. The maximum absolute atomic E-state index is 12.4. The summed E-state index contributed by atoms with van der Waals surface area (Å²) in [4.78, 5) is 7.29. The third-order valence-corrected chi connectivity index (χ3v) is 5.54. The summed E-state index contributed by atoms with van der Waals surface area (Å²) in [6.45, 7) is 0.0738. The van der Waals surface area contributed by atoms with Crippen molar-refractivity contribution in [1.82, 2.24) is 14.3 Å². The van der Waals surface area contributed by atoms with E-state index >= 15 is 0 Å². The van der Waals surface area contributed by atoms with Gasteiger partial charge in [0.05, 0.1) is 22.4 Å². The van der Waals surface area contributed by atoms with E-state index in [1.165, 1.54) is 7.05 Å². The molecule has 0 N–H and O–H groups in total. The Labute approximate surface area is 137 Å². The van der Waals surface area contributed by atoms with E-state index in [0.29, 0.717) is 15.6 Å². The molecule has 0 spiro atoms. The molecule has 5 nitrogen and oxygen atoms in total. The van der Waals surface area contributed by atoms with Crippen LogP contribution in [0.5, 0.6) is 0 Å². The smallest absolute Gasteiger partial charge is 0.225 e. The molecule has 0 radical (unpaired) electrons. The van der Waals surface area contributed by atoms with E-state index in [-0.39, 0.29) is 16.7 Å². The first kappa shape index (κ1) is 16.5. The number of hydrogen-bond acceptors (Lipinski definition) is 4. The van der Waals surface area contributed by atoms with Gasteiger partial charge in [-0.05, 0) is 23.2 Å². The molecule has 2 rings (SSSR count). The predicted octanol–water partition coefficient (Wildman–Crippen LogP) is 3.26. The number of aromatic nitrogens is 2. The quantitative estimate of drug-likeness (QED) is 0.779. The molecule has 1 heterocycles. The molecule has 1 aromatic heterocycles. The van der Waals surface area contributed by atoms with Crippen molar-refractivity contribution in [3.05, 3.63) is 51.5 Å². The van der Waals surface area contributed by atoms with Crippen LogP contribution >= 0.6 is 34.8 Å². The van der Waals surface area contributed by atoms with Gasteiger partial charge >= 0.3 is 0 Å². The number of halogens is 3. The van der Waals surface area contributed by atoms with E-state index in [4.69, 9.17) is 34.8 Å². The molecular weight excluding hydrogens is 357 g/mol. The van der Waals surface area contributed by atoms with Gasteiger partial charge in [-0.3, -0.25) is 0 Å². The van der Waals surface area contributed by atoms with Crippen molar-refractivity contribution in [1.29, 1.82) is 0 Å². The van der Waals surface area contributed by atoms with Crippen LogP contribution in [-0.2, 0) is 16.6 Å². The molecule has 0 aliphatic heterocycles. The van der Waals surface area contributed by atoms with Gasteiger partial charge in [-0.1, -0.05) is 35.3 Å². The second-order valence-corrected chi connectivity index (χ2v) is 7.33. The monoisotopic (exact) mass is 365 g/mol. The van der Waals surface area contributed by atoms with E-state index in [0.717, 1.165) is 16.7 Å². The molecule has 0 amide bonds. The molecule has 0 unspecified atom stereocenters. The van der Waals surface area contributed by atoms with E-state index in [1.807, 2.05) is 0 Å². The molecule has 112 valence electrons. The third kappa shape index (κ3) is 3.64. The first-order chi connectivity index (χ1) is 9.82. The lowest BCUT2D eigenvalue weighted by molar-refractivity contribution is 0.466. The first-order valence-electron chi connectivity index (χ1n) is 5.69. The molecular formula is C12H10Cl3N3O2S. The standard InChI is InChI=1S/C12H10Cl3N3O2S/c1-18(7-8-3-2-4-10(13)11(8)14)21(19,20)9-5-16-12(15)17-6-9/h2-6H,7H2,1H3. The van der Waals surface area contributed by atoms with Gasteiger partial charge in [0, 0.05) is 13.6 Å². The molecule has 0 saturated heterocycles. The molecule has 9 heteroatoms. The molecule has 0 saturated carbocycles. The largest absolute Gasteiger partial charge is 0.246 e. The van der Waals surface area contributed by atoms with Crippen LogP contribution < -0.4 is 0 Å². The van der Waals surface area contributed by atoms with Crippen molar-refractivity contribution >= 4 is 44.8 Å². The van der Waals surface area contributed by atoms with Gasteiger partial charge in [-0.2, -0.15) is 4.31 Å². The fourth-order valence-corrected chi connectivity index (χ4v) is 3.13. The molecule has 0 aliphatic rings. The van der Waals surface area contributed by atoms with E-state index in [9.17, 15) is 8.42 Å². The van der Waals surface area contributed by atoms with Gasteiger partial charge in [0.25, 0.3) is 0 Å². The molecule has 0 aliphatic carbocycles. The molecule has 0 bridgehead atoms. The zero-order chi connectivity index (χ0) is 15.6. The summed E-state index contributed by atoms with van der Waals surface area (Å²) in [6, 6.07) is 5.04. The molecule has 1 aromatic carbocycles. The molecule has 2 aromatic rings. The van der Waals surface area contributed by atoms with Crippen LogP contribution in [0.15, 0.2) is 35.5 Å². The Morgan fingerprint density at radius 1 is 1.14 bits per heavy atom. The number of benzene rings is 1. The molecule has 0 fully saturated rings. The second-order valence-electron chi connectivity index (χ2n) is 4.16. The third-order valence-electron chi connectivity index (χ3n) is 2.73. The summed E-state index contributed by atoms with van der Waals surface area (Å²) in [5, 5.41) is 0.679. The van der Waals surface area contributed by atoms with Crippen molar-refractivity contribution in [2.75, 3.05) is 7.05 Å². The minimum atomic E-state index is -3.74. The Bertz CT molecular complexity index is 751. The van der Waals surface area contributed by atoms with Gasteiger partial charge < -0.3 is 0 Å². The Hall–Kier alpha value is -0.920. The summed E-state index contributed by atoms with van der Waals surface area (Å²) >= 11 is 17.5. The Morgan fingerprint density at radius 2 is 1.76 bits per heavy atom. The predicted molar refractivity (Wildman–Crippen MR) is 82.2 cm³/mol. The van der Waals surface area contributed by atoms with E-state index in [1.54, 1.807) is 18.2 Å². The Kier molecular flexibility index (Phi) is 5.06. The zero-order valence-corrected chi connectivity index (χ0v) is 13.9. The lowest BCUT2D eigenvalue weighted by atomic mass is 10.2. The number of sulfonamides is 1. The van der Waals surface area contributed by atoms with Crippen LogP contribution in [0.1, 0.15) is 5.56 Å². The maximum atomic E-state index is 12.4. The van der Waals surface area contributed by atoms with Crippen molar-refractivity contribution in [2.45, 2.75) is 11.4 Å². The van der Waals surface area contributed by atoms with Crippen molar-refractivity contribution in [3.63, 3.8) is 0 Å². The van der Waals surface area contributed by atoms with Crippen LogP contribution in [0.3, 0.4) is 0 Å². The summed E-state index contributed by atoms with van der Waals surface area (Å²) in [5.74, 6) is 0. The van der Waals surface area contributed by atoms with Crippen molar-refractivity contribution in [3.8, 4) is 0 Å². The summed E-state index contributed by atoms with van der Waals surface area (Å²) < 4.78 is 25.9. The van der Waals surface area contributed by atoms with Gasteiger partial charge in [0.1, 0.15) is 4.90 Å². The van der Waals surface area contributed by atoms with Crippen LogP contribution in [0.25, 0.3) is 0 Å². The fourth-order valence-electron chi connectivity index (χ4n) is 1.61. The summed E-state index contributed by atoms with van der Waals surface area (Å²) in [5.41, 5.74) is 0.602. The lowest BCUT2D eigenvalue weighted by Crippen LogP contribution is -2.26. The average Bonchev–Trinajstić information content (AvgIpc) is 2.44. The minimum Gasteiger partial charge on any atom is -0.225 e. The SMILES string of the molecule is CN(Cc1cccc(Cl)c1Cl)S(=O)(=O)c1cnc(Cl)nc1. The van der Waals surface area contributed by atoms with Gasteiger partial charge in [-0.25, -0.2) is 18.4 Å². The number of rotatable bonds is 4. The van der Waals surface area contributed by atoms with Gasteiger partial charge in [0.15, 0.2) is 0 Å². The van der Waals surface area contributed by atoms with Gasteiger partial charge in [0.2, 0.25) is 15.3 Å². The topological polar surface area (TPSA) is 63.2 Å². The highest BCUT2D eigenvalue weighted by atomic mass is 35.5. The molecule has 0 atom stereocenters. The number of hydrogen-bond donors (Lipinski definition) is 0. The zero-order valence-electron chi connectivity index (χ0n) is 10.8. The van der Waals surface area contributed by atoms with E-state index < -0.39 is 10.0 Å². The van der Waals surface area contributed by atoms with Crippen LogP contribution in [0.4, 0.5) is 0 Å². The normalized spacial score (nSPS) is 11.9. The summed E-state index contributed by atoms with van der Waals surface area (Å²) in [6.07, 6.45) is 2.31. The van der Waals surface area contributed by atoms with E-state index in [2.05, 4.69) is 9.97 Å². The first-order valence-corrected chi connectivity index (χ1v) is 8.26. The van der Waals surface area contributed by atoms with Crippen LogP contribution in [0.2, 0.25) is 15.3 Å². The Balaban J connectivity index is 2.28. The average molecular weight is 367 g/mol. The van der Waals surface area contributed by atoms with Crippen LogP contribution in [-0.4, -0.2) is 29.7 Å². The molecule has 21 heavy (non-hydrogen) atoms. The highest BCUT2D eigenvalue weighted by molar-refractivity contribution is 7.89.